The molecule has 2 aromatic rings. The lowest BCUT2D eigenvalue weighted by molar-refractivity contribution is -0.127. The van der Waals surface area contributed by atoms with Crippen molar-refractivity contribution in [1.82, 2.24) is 20.3 Å². The quantitative estimate of drug-likeness (QED) is 0.804. The van der Waals surface area contributed by atoms with Crippen LogP contribution in [0.4, 0.5) is 5.95 Å². The van der Waals surface area contributed by atoms with Crippen molar-refractivity contribution >= 4 is 11.9 Å². The SMILES string of the molecule is COc1nc(CNC(=O)C(C)Oc2ccccc2)nc(N2CCCC2)n1. The Bertz CT molecular complexity index is 735. The number of nitrogens with one attached hydrogen (secondary N) is 1. The monoisotopic (exact) mass is 357 g/mol. The van der Waals surface area contributed by atoms with E-state index in [1.54, 1.807) is 6.92 Å². The highest BCUT2D eigenvalue weighted by Crippen LogP contribution is 2.17. The highest BCUT2D eigenvalue weighted by Gasteiger charge is 2.19. The van der Waals surface area contributed by atoms with Crippen molar-refractivity contribution in [2.45, 2.75) is 32.4 Å². The predicted molar refractivity (Wildman–Crippen MR) is 96.2 cm³/mol. The fourth-order valence-corrected chi connectivity index (χ4v) is 2.68. The summed E-state index contributed by atoms with van der Waals surface area (Å²) in [6.45, 7) is 3.72. The van der Waals surface area contributed by atoms with Crippen molar-refractivity contribution in [3.8, 4) is 11.8 Å². The highest BCUT2D eigenvalue weighted by atomic mass is 16.5. The van der Waals surface area contributed by atoms with Gasteiger partial charge in [-0.05, 0) is 31.9 Å². The number of anilines is 1. The molecule has 1 amide bonds. The topological polar surface area (TPSA) is 89.5 Å². The zero-order chi connectivity index (χ0) is 18.4. The van der Waals surface area contributed by atoms with Crippen LogP contribution in [0.1, 0.15) is 25.6 Å². The average molecular weight is 357 g/mol. The molecular weight excluding hydrogens is 334 g/mol. The van der Waals surface area contributed by atoms with E-state index >= 15 is 0 Å². The summed E-state index contributed by atoms with van der Waals surface area (Å²) in [5.41, 5.74) is 0. The lowest BCUT2D eigenvalue weighted by Crippen LogP contribution is -2.36. The largest absolute Gasteiger partial charge is 0.481 e. The van der Waals surface area contributed by atoms with Gasteiger partial charge in [-0.1, -0.05) is 18.2 Å². The average Bonchev–Trinajstić information content (AvgIpc) is 3.21. The van der Waals surface area contributed by atoms with Crippen molar-refractivity contribution in [3.05, 3.63) is 36.2 Å². The van der Waals surface area contributed by atoms with Crippen LogP contribution in [-0.2, 0) is 11.3 Å². The molecule has 2 heterocycles. The minimum atomic E-state index is -0.626. The van der Waals surface area contributed by atoms with E-state index in [1.807, 2.05) is 30.3 Å². The fourth-order valence-electron chi connectivity index (χ4n) is 2.68. The molecule has 0 bridgehead atoms. The van der Waals surface area contributed by atoms with Crippen LogP contribution in [-0.4, -0.2) is 47.2 Å². The third-order valence-corrected chi connectivity index (χ3v) is 4.07. The maximum absolute atomic E-state index is 12.3. The maximum Gasteiger partial charge on any atom is 0.321 e. The molecule has 138 valence electrons. The zero-order valence-electron chi connectivity index (χ0n) is 15.0. The fraction of sp³-hybridized carbons (Fsp3) is 0.444. The molecule has 0 radical (unpaired) electrons. The number of ether oxygens (including phenoxy) is 2. The molecule has 1 aliphatic rings. The van der Waals surface area contributed by atoms with Gasteiger partial charge in [-0.15, -0.1) is 0 Å². The van der Waals surface area contributed by atoms with Gasteiger partial charge >= 0.3 is 6.01 Å². The van der Waals surface area contributed by atoms with E-state index in [0.717, 1.165) is 25.9 Å². The molecule has 8 nitrogen and oxygen atoms in total. The second-order valence-corrected chi connectivity index (χ2v) is 6.02. The standard InChI is InChI=1S/C18H23N5O3/c1-13(26-14-8-4-3-5-9-14)16(24)19-12-15-20-17(22-18(21-15)25-2)23-10-6-7-11-23/h3-5,8-9,13H,6-7,10-12H2,1-2H3,(H,19,24). The van der Waals surface area contributed by atoms with Crippen molar-refractivity contribution in [2.75, 3.05) is 25.1 Å². The Morgan fingerprint density at radius 1 is 1.19 bits per heavy atom. The van der Waals surface area contributed by atoms with Gasteiger partial charge in [0.15, 0.2) is 11.9 Å². The summed E-state index contributed by atoms with van der Waals surface area (Å²) in [6.07, 6.45) is 1.61. The molecule has 0 saturated carbocycles. The number of methoxy groups -OCH3 is 1. The first-order valence-electron chi connectivity index (χ1n) is 8.69. The number of para-hydroxylation sites is 1. The summed E-state index contributed by atoms with van der Waals surface area (Å²) in [5.74, 6) is 1.45. The molecule has 0 spiro atoms. The summed E-state index contributed by atoms with van der Waals surface area (Å²) in [6, 6.07) is 9.48. The van der Waals surface area contributed by atoms with Crippen LogP contribution >= 0.6 is 0 Å². The summed E-state index contributed by atoms with van der Waals surface area (Å²) < 4.78 is 10.8. The molecule has 1 aliphatic heterocycles. The molecule has 1 atom stereocenters. The number of benzene rings is 1. The minimum absolute atomic E-state index is 0.182. The van der Waals surface area contributed by atoms with E-state index < -0.39 is 6.10 Å². The number of amides is 1. The molecule has 1 unspecified atom stereocenters. The summed E-state index contributed by atoms with van der Waals surface area (Å²) in [7, 11) is 1.52. The first-order valence-corrected chi connectivity index (χ1v) is 8.69. The van der Waals surface area contributed by atoms with Crippen LogP contribution < -0.4 is 19.7 Å². The zero-order valence-corrected chi connectivity index (χ0v) is 15.0. The van der Waals surface area contributed by atoms with Crippen LogP contribution in [0.25, 0.3) is 0 Å². The molecule has 26 heavy (non-hydrogen) atoms. The van der Waals surface area contributed by atoms with E-state index in [0.29, 0.717) is 17.5 Å². The van der Waals surface area contributed by atoms with Crippen LogP contribution in [0.15, 0.2) is 30.3 Å². The maximum atomic E-state index is 12.3. The van der Waals surface area contributed by atoms with E-state index in [9.17, 15) is 4.79 Å². The molecule has 1 fully saturated rings. The molecule has 1 aromatic carbocycles. The van der Waals surface area contributed by atoms with E-state index in [1.165, 1.54) is 7.11 Å². The first kappa shape index (κ1) is 17.9. The van der Waals surface area contributed by atoms with Gasteiger partial charge < -0.3 is 19.7 Å². The molecule has 1 N–H and O–H groups in total. The van der Waals surface area contributed by atoms with Gasteiger partial charge in [0.25, 0.3) is 5.91 Å². The van der Waals surface area contributed by atoms with Crippen LogP contribution in [0.2, 0.25) is 0 Å². The van der Waals surface area contributed by atoms with Gasteiger partial charge in [0, 0.05) is 13.1 Å². The second kappa shape index (κ2) is 8.46. The van der Waals surface area contributed by atoms with Gasteiger partial charge in [0.2, 0.25) is 5.95 Å². The summed E-state index contributed by atoms with van der Waals surface area (Å²) in [4.78, 5) is 27.3. The van der Waals surface area contributed by atoms with Crippen LogP contribution in [0.3, 0.4) is 0 Å². The Kier molecular flexibility index (Phi) is 5.83. The smallest absolute Gasteiger partial charge is 0.321 e. The molecule has 1 aromatic heterocycles. The van der Waals surface area contributed by atoms with E-state index in [-0.39, 0.29) is 18.5 Å². The Morgan fingerprint density at radius 2 is 1.92 bits per heavy atom. The summed E-state index contributed by atoms with van der Waals surface area (Å²) in [5, 5.41) is 2.80. The van der Waals surface area contributed by atoms with Gasteiger partial charge in [0.05, 0.1) is 13.7 Å². The van der Waals surface area contributed by atoms with E-state index in [2.05, 4.69) is 25.2 Å². The van der Waals surface area contributed by atoms with Crippen molar-refractivity contribution in [1.29, 1.82) is 0 Å². The van der Waals surface area contributed by atoms with Crippen LogP contribution in [0.5, 0.6) is 11.8 Å². The van der Waals surface area contributed by atoms with Crippen molar-refractivity contribution < 1.29 is 14.3 Å². The van der Waals surface area contributed by atoms with Crippen LogP contribution in [0, 0.1) is 0 Å². The third kappa shape index (κ3) is 4.59. The number of hydrogen-bond acceptors (Lipinski definition) is 7. The number of hydrogen-bond donors (Lipinski definition) is 1. The van der Waals surface area contributed by atoms with E-state index in [4.69, 9.17) is 9.47 Å². The highest BCUT2D eigenvalue weighted by molar-refractivity contribution is 5.80. The number of rotatable bonds is 7. The molecule has 0 aliphatic carbocycles. The number of carbonyl (C=O) groups excluding carboxylic acids is 1. The normalized spacial score (nSPS) is 14.8. The minimum Gasteiger partial charge on any atom is -0.481 e. The van der Waals surface area contributed by atoms with Gasteiger partial charge in [0.1, 0.15) is 5.75 Å². The Morgan fingerprint density at radius 3 is 2.62 bits per heavy atom. The van der Waals surface area contributed by atoms with Crippen molar-refractivity contribution in [3.63, 3.8) is 0 Å². The second-order valence-electron chi connectivity index (χ2n) is 6.02. The molecule has 3 rings (SSSR count). The van der Waals surface area contributed by atoms with Gasteiger partial charge in [-0.25, -0.2) is 0 Å². The number of nitrogens with zero attached hydrogens (tertiary/aromatic N) is 4. The molecular formula is C18H23N5O3. The Labute approximate surface area is 152 Å². The first-order chi connectivity index (χ1) is 12.7. The number of aromatic nitrogens is 3. The lowest BCUT2D eigenvalue weighted by Gasteiger charge is -2.17. The van der Waals surface area contributed by atoms with Gasteiger partial charge in [-0.2, -0.15) is 15.0 Å². The lowest BCUT2D eigenvalue weighted by atomic mass is 10.3. The number of carbonyl (C=O) groups is 1. The molecule has 1 saturated heterocycles. The third-order valence-electron chi connectivity index (χ3n) is 4.07. The Hall–Kier alpha value is -2.90. The molecule has 8 heteroatoms. The van der Waals surface area contributed by atoms with Gasteiger partial charge in [-0.3, -0.25) is 4.79 Å². The predicted octanol–water partition coefficient (Wildman–Crippen LogP) is 1.56. The Balaban J connectivity index is 1.61. The summed E-state index contributed by atoms with van der Waals surface area (Å²) >= 11 is 0. The van der Waals surface area contributed by atoms with Crippen molar-refractivity contribution in [2.24, 2.45) is 0 Å².